The van der Waals surface area contributed by atoms with E-state index in [-0.39, 0.29) is 24.8 Å². The van der Waals surface area contributed by atoms with Gasteiger partial charge in [-0.2, -0.15) is 9.83 Å². The van der Waals surface area contributed by atoms with Gasteiger partial charge in [0.25, 0.3) is 0 Å². The van der Waals surface area contributed by atoms with Gasteiger partial charge >= 0.3 is 17.9 Å². The van der Waals surface area contributed by atoms with E-state index in [0.29, 0.717) is 17.7 Å². The molecule has 262 valence electrons. The maximum absolute atomic E-state index is 13.6. The number of carbonyl (C=O) groups excluding carboxylic acids is 3. The minimum Gasteiger partial charge on any atom is -0.456 e. The van der Waals surface area contributed by atoms with Crippen molar-refractivity contribution in [3.63, 3.8) is 0 Å². The molecule has 1 aliphatic carbocycles. The molecule has 0 amide bonds. The van der Waals surface area contributed by atoms with E-state index in [1.165, 1.54) is 7.11 Å². The number of nitrogens with one attached hydrogen (secondary N) is 1. The molecule has 0 aromatic carbocycles. The van der Waals surface area contributed by atoms with Crippen molar-refractivity contribution in [2.75, 3.05) is 7.11 Å². The SMILES string of the molecule is CO[C@H]1CC2C=C[C@@H]3C[C@]2(O[C@H]3[C@H](OC(=O)c2ccc[nH]2)[C@H](C)[C@H](C)O)/C(C)=C/[C@@H](C)[C@@H]([C@@H](C)OC(=O)C[n+]2ccc(C#N)cc2)OC1=O. The van der Waals surface area contributed by atoms with Gasteiger partial charge in [-0.25, -0.2) is 14.4 Å². The second-order valence-electron chi connectivity index (χ2n) is 13.5. The molecular weight excluding hydrogens is 630 g/mol. The number of fused-ring (bicyclic) bond motifs is 1. The number of hydrogen-bond donors (Lipinski definition) is 2. The van der Waals surface area contributed by atoms with E-state index in [9.17, 15) is 19.5 Å². The third-order valence-electron chi connectivity index (χ3n) is 10.2. The molecule has 3 aliphatic rings. The zero-order valence-electron chi connectivity index (χ0n) is 28.8. The van der Waals surface area contributed by atoms with Crippen LogP contribution in [-0.2, 0) is 39.8 Å². The van der Waals surface area contributed by atoms with Crippen molar-refractivity contribution in [2.24, 2.45) is 23.7 Å². The van der Waals surface area contributed by atoms with Gasteiger partial charge < -0.3 is 33.8 Å². The summed E-state index contributed by atoms with van der Waals surface area (Å²) in [7, 11) is 1.46. The lowest BCUT2D eigenvalue weighted by Gasteiger charge is -2.41. The van der Waals surface area contributed by atoms with Crippen molar-refractivity contribution < 1.29 is 47.7 Å². The Morgan fingerprint density at radius 1 is 1.16 bits per heavy atom. The summed E-state index contributed by atoms with van der Waals surface area (Å²) < 4.78 is 32.2. The van der Waals surface area contributed by atoms with Crippen molar-refractivity contribution in [1.29, 1.82) is 5.26 Å². The van der Waals surface area contributed by atoms with Gasteiger partial charge in [0.05, 0.1) is 23.3 Å². The number of aliphatic hydroxyl groups is 1. The van der Waals surface area contributed by atoms with Crippen molar-refractivity contribution in [1.82, 2.24) is 4.98 Å². The summed E-state index contributed by atoms with van der Waals surface area (Å²) in [6.45, 7) is 8.99. The summed E-state index contributed by atoms with van der Waals surface area (Å²) in [5.41, 5.74) is 0.820. The Labute approximate surface area is 286 Å². The first-order valence-electron chi connectivity index (χ1n) is 16.8. The second-order valence-corrected chi connectivity index (χ2v) is 13.5. The first-order valence-corrected chi connectivity index (χ1v) is 16.8. The lowest BCUT2D eigenvalue weighted by Crippen LogP contribution is -2.48. The topological polar surface area (TPSA) is 161 Å². The number of nitrogens with zero attached hydrogens (tertiary/aromatic N) is 2. The number of hydrogen-bond acceptors (Lipinski definition) is 10. The highest BCUT2D eigenvalue weighted by Crippen LogP contribution is 2.53. The molecule has 2 aliphatic heterocycles. The molecule has 0 radical (unpaired) electrons. The molecule has 12 nitrogen and oxygen atoms in total. The van der Waals surface area contributed by atoms with Crippen LogP contribution in [0.15, 0.2) is 66.7 Å². The van der Waals surface area contributed by atoms with E-state index in [1.54, 1.807) is 61.3 Å². The summed E-state index contributed by atoms with van der Waals surface area (Å²) in [4.78, 5) is 42.6. The number of nitriles is 1. The molecule has 2 N–H and O–H groups in total. The number of ether oxygens (including phenoxy) is 5. The summed E-state index contributed by atoms with van der Waals surface area (Å²) >= 11 is 0. The van der Waals surface area contributed by atoms with Gasteiger partial charge in [0, 0.05) is 49.1 Å². The van der Waals surface area contributed by atoms with Gasteiger partial charge in [0.15, 0.2) is 18.5 Å². The second kappa shape index (κ2) is 15.1. The van der Waals surface area contributed by atoms with Crippen LogP contribution in [0.2, 0.25) is 0 Å². The predicted octanol–water partition coefficient (Wildman–Crippen LogP) is 3.59. The molecular formula is C37H46N3O9+. The average molecular weight is 677 g/mol. The standard InChI is InChI=1S/C37H45N3O9/c1-21-16-22(2)37-18-27(34(49-37)33(23(3)24(4)41)48-35(43)29-8-7-13-39-29)9-10-28(37)17-30(45-6)36(44)47-32(21)25(5)46-31(42)20-40-14-11-26(19-38)12-15-40/h7-16,21,23-25,27-28,30,32-34,41H,17-18,20H2,1-6H3/p+1/b22-16+/t21-,23-,24+,25-,27-,28?,30+,32+,33-,34-,37+/m1/s1. The Morgan fingerprint density at radius 3 is 2.53 bits per heavy atom. The third-order valence-corrected chi connectivity index (χ3v) is 10.2. The fraction of sp³-hybridized carbons (Fsp3) is 0.541. The summed E-state index contributed by atoms with van der Waals surface area (Å²) in [5.74, 6) is -2.89. The van der Waals surface area contributed by atoms with Crippen LogP contribution in [0.25, 0.3) is 0 Å². The third kappa shape index (κ3) is 7.64. The number of aromatic nitrogens is 2. The molecule has 11 atom stereocenters. The molecule has 1 saturated heterocycles. The van der Waals surface area contributed by atoms with Crippen molar-refractivity contribution in [2.45, 2.75) is 96.2 Å². The Balaban J connectivity index is 1.42. The zero-order chi connectivity index (χ0) is 35.5. The molecule has 49 heavy (non-hydrogen) atoms. The van der Waals surface area contributed by atoms with E-state index in [1.807, 2.05) is 32.9 Å². The lowest BCUT2D eigenvalue weighted by molar-refractivity contribution is -0.686. The summed E-state index contributed by atoms with van der Waals surface area (Å²) in [6, 6.07) is 8.60. The summed E-state index contributed by atoms with van der Waals surface area (Å²) in [6.07, 6.45) is 7.14. The van der Waals surface area contributed by atoms with E-state index >= 15 is 0 Å². The highest BCUT2D eigenvalue weighted by molar-refractivity contribution is 5.87. The van der Waals surface area contributed by atoms with Crippen molar-refractivity contribution >= 4 is 17.9 Å². The Hall–Kier alpha value is -4.31. The Morgan fingerprint density at radius 2 is 1.90 bits per heavy atom. The van der Waals surface area contributed by atoms with Gasteiger partial charge in [-0.05, 0) is 51.3 Å². The van der Waals surface area contributed by atoms with Crippen LogP contribution in [0.3, 0.4) is 0 Å². The number of aliphatic hydroxyl groups excluding tert-OH is 1. The van der Waals surface area contributed by atoms with Crippen LogP contribution < -0.4 is 4.57 Å². The number of rotatable bonds is 10. The van der Waals surface area contributed by atoms with Crippen LogP contribution >= 0.6 is 0 Å². The largest absolute Gasteiger partial charge is 0.456 e. The molecule has 1 unspecified atom stereocenters. The van der Waals surface area contributed by atoms with Crippen LogP contribution in [0.1, 0.15) is 63.5 Å². The van der Waals surface area contributed by atoms with E-state index in [0.717, 1.165) is 5.57 Å². The van der Waals surface area contributed by atoms with E-state index in [4.69, 9.17) is 28.9 Å². The van der Waals surface area contributed by atoms with Crippen molar-refractivity contribution in [3.05, 3.63) is 77.9 Å². The van der Waals surface area contributed by atoms with Gasteiger partial charge in [-0.15, -0.1) is 0 Å². The van der Waals surface area contributed by atoms with Crippen LogP contribution in [0.5, 0.6) is 0 Å². The molecule has 2 aromatic heterocycles. The highest BCUT2D eigenvalue weighted by Gasteiger charge is 2.57. The van der Waals surface area contributed by atoms with Gasteiger partial charge in [0.1, 0.15) is 30.1 Å². The molecule has 12 heteroatoms. The van der Waals surface area contributed by atoms with Crippen LogP contribution in [0.4, 0.5) is 0 Å². The lowest BCUT2D eigenvalue weighted by atomic mass is 9.69. The normalized spacial score (nSPS) is 31.5. The maximum atomic E-state index is 13.6. The fourth-order valence-corrected chi connectivity index (χ4v) is 7.30. The molecule has 1 fully saturated rings. The van der Waals surface area contributed by atoms with E-state index in [2.05, 4.69) is 17.1 Å². The summed E-state index contributed by atoms with van der Waals surface area (Å²) in [5, 5.41) is 19.7. The molecule has 2 bridgehead atoms. The Kier molecular flexibility index (Phi) is 11.1. The quantitative estimate of drug-likeness (QED) is 0.165. The molecule has 0 saturated carbocycles. The monoisotopic (exact) mass is 676 g/mol. The van der Waals surface area contributed by atoms with Crippen molar-refractivity contribution in [3.8, 4) is 6.07 Å². The molecule has 5 rings (SSSR count). The zero-order valence-corrected chi connectivity index (χ0v) is 28.8. The number of cyclic esters (lactones) is 1. The number of H-pyrrole nitrogens is 1. The molecule has 1 spiro atoms. The smallest absolute Gasteiger partial charge is 0.373 e. The van der Waals surface area contributed by atoms with Crippen LogP contribution in [-0.4, -0.2) is 77.3 Å². The predicted molar refractivity (Wildman–Crippen MR) is 174 cm³/mol. The van der Waals surface area contributed by atoms with Gasteiger partial charge in [-0.3, -0.25) is 0 Å². The first kappa shape index (κ1) is 36.0. The minimum absolute atomic E-state index is 0.0884. The average Bonchev–Trinajstić information content (AvgIpc) is 3.73. The highest BCUT2D eigenvalue weighted by atomic mass is 16.6. The number of pyridine rings is 1. The maximum Gasteiger partial charge on any atom is 0.373 e. The molecule has 4 heterocycles. The minimum atomic E-state index is -0.929. The van der Waals surface area contributed by atoms with Crippen LogP contribution in [0, 0.1) is 35.0 Å². The fourth-order valence-electron chi connectivity index (χ4n) is 7.30. The first-order chi connectivity index (χ1) is 23.4. The number of carbonyl (C=O) groups is 3. The number of methoxy groups -OCH3 is 1. The van der Waals surface area contributed by atoms with E-state index < -0.39 is 72.0 Å². The number of aromatic amines is 1. The van der Waals surface area contributed by atoms with Gasteiger partial charge in [-0.1, -0.05) is 32.1 Å². The number of esters is 3. The molecule has 2 aromatic rings. The van der Waals surface area contributed by atoms with Gasteiger partial charge in [0.2, 0.25) is 6.54 Å². The Bertz CT molecular complexity index is 1600.